The predicted octanol–water partition coefficient (Wildman–Crippen LogP) is 7.12. The number of piperidine rings is 1. The molecule has 1 aromatic heterocycles. The Balaban J connectivity index is 1.30. The van der Waals surface area contributed by atoms with Crippen molar-refractivity contribution in [1.29, 1.82) is 0 Å². The number of carbonyl (C=O) groups excluding carboxylic acids is 1. The minimum atomic E-state index is -0.280. The first-order valence-electron chi connectivity index (χ1n) is 13.4. The van der Waals surface area contributed by atoms with Crippen LogP contribution >= 0.6 is 11.3 Å². The molecule has 1 aliphatic rings. The average Bonchev–Trinajstić information content (AvgIpc) is 3.52. The maximum Gasteiger partial charge on any atom is 0.261 e. The monoisotopic (exact) mass is 508 g/mol. The summed E-state index contributed by atoms with van der Waals surface area (Å²) in [4.78, 5) is 16.4. The maximum absolute atomic E-state index is 13.0. The van der Waals surface area contributed by atoms with E-state index in [2.05, 4.69) is 101 Å². The molecule has 190 valence electrons. The summed E-state index contributed by atoms with van der Waals surface area (Å²) < 4.78 is 0. The fourth-order valence-corrected chi connectivity index (χ4v) is 6.45. The number of amides is 1. The smallest absolute Gasteiger partial charge is 0.261 e. The number of benzene rings is 3. The highest BCUT2D eigenvalue weighted by molar-refractivity contribution is 7.12. The van der Waals surface area contributed by atoms with Crippen molar-refractivity contribution in [1.82, 2.24) is 10.2 Å². The summed E-state index contributed by atoms with van der Waals surface area (Å²) in [7, 11) is 0. The normalized spacial score (nSPS) is 14.9. The van der Waals surface area contributed by atoms with Gasteiger partial charge >= 0.3 is 0 Å². The van der Waals surface area contributed by atoms with Gasteiger partial charge < -0.3 is 10.2 Å². The van der Waals surface area contributed by atoms with E-state index in [1.54, 1.807) is 0 Å². The molecule has 0 bridgehead atoms. The van der Waals surface area contributed by atoms with Gasteiger partial charge in [-0.25, -0.2) is 0 Å². The van der Waals surface area contributed by atoms with E-state index < -0.39 is 0 Å². The Morgan fingerprint density at radius 1 is 0.811 bits per heavy atom. The van der Waals surface area contributed by atoms with E-state index in [9.17, 15) is 4.79 Å². The van der Waals surface area contributed by atoms with Crippen LogP contribution in [0.25, 0.3) is 0 Å². The highest BCUT2D eigenvalue weighted by Gasteiger charge is 2.35. The number of carbonyl (C=O) groups is 1. The Kier molecular flexibility index (Phi) is 8.49. The average molecular weight is 509 g/mol. The van der Waals surface area contributed by atoms with Crippen LogP contribution < -0.4 is 5.32 Å². The van der Waals surface area contributed by atoms with Crippen LogP contribution in [0.3, 0.4) is 0 Å². The molecule has 2 heterocycles. The Bertz CT molecular complexity index is 1180. The van der Waals surface area contributed by atoms with Crippen LogP contribution in [-0.2, 0) is 5.41 Å². The van der Waals surface area contributed by atoms with Crippen LogP contribution in [0.4, 0.5) is 0 Å². The fraction of sp³-hybridized carbons (Fsp3) is 0.303. The fourth-order valence-electron chi connectivity index (χ4n) is 5.81. The third kappa shape index (κ3) is 6.20. The number of nitrogens with one attached hydrogen (secondary N) is 1. The summed E-state index contributed by atoms with van der Waals surface area (Å²) in [6.45, 7) is 3.96. The van der Waals surface area contributed by atoms with Crippen molar-refractivity contribution in [2.45, 2.75) is 37.0 Å². The lowest BCUT2D eigenvalue weighted by Gasteiger charge is -2.37. The van der Waals surface area contributed by atoms with Crippen molar-refractivity contribution in [3.05, 3.63) is 130 Å². The SMILES string of the molecule is O=C(NCC(CCCN1CCC(c2ccccc2)CC1)(c1ccccc1)c1ccccc1)c1cccs1. The molecule has 5 rings (SSSR count). The molecular weight excluding hydrogens is 472 g/mol. The zero-order valence-corrected chi connectivity index (χ0v) is 22.2. The van der Waals surface area contributed by atoms with Gasteiger partial charge in [-0.05, 0) is 79.4 Å². The largest absolute Gasteiger partial charge is 0.350 e. The zero-order chi connectivity index (χ0) is 25.3. The summed E-state index contributed by atoms with van der Waals surface area (Å²) in [5, 5.41) is 5.25. The summed E-state index contributed by atoms with van der Waals surface area (Å²) >= 11 is 1.49. The van der Waals surface area contributed by atoms with Crippen molar-refractivity contribution in [2.24, 2.45) is 0 Å². The van der Waals surface area contributed by atoms with Gasteiger partial charge in [0.25, 0.3) is 5.91 Å². The van der Waals surface area contributed by atoms with Crippen LogP contribution in [0.1, 0.15) is 58.0 Å². The number of hydrogen-bond donors (Lipinski definition) is 1. The Morgan fingerprint density at radius 2 is 1.41 bits per heavy atom. The third-order valence-electron chi connectivity index (χ3n) is 7.88. The number of likely N-dealkylation sites (tertiary alicyclic amines) is 1. The van der Waals surface area contributed by atoms with Crippen LogP contribution in [0.15, 0.2) is 109 Å². The predicted molar refractivity (Wildman–Crippen MR) is 154 cm³/mol. The van der Waals surface area contributed by atoms with Gasteiger partial charge in [0.2, 0.25) is 0 Å². The van der Waals surface area contributed by atoms with Gasteiger partial charge in [0.1, 0.15) is 0 Å². The molecule has 1 fully saturated rings. The molecule has 37 heavy (non-hydrogen) atoms. The first kappa shape index (κ1) is 25.4. The maximum atomic E-state index is 13.0. The van der Waals surface area contributed by atoms with Crippen LogP contribution in [0.2, 0.25) is 0 Å². The molecule has 4 heteroatoms. The number of thiophene rings is 1. The molecule has 0 aliphatic carbocycles. The molecule has 1 N–H and O–H groups in total. The Labute approximate surface area is 225 Å². The van der Waals surface area contributed by atoms with Gasteiger partial charge in [0.15, 0.2) is 0 Å². The molecule has 0 atom stereocenters. The lowest BCUT2D eigenvalue weighted by molar-refractivity contribution is 0.0948. The standard InChI is InChI=1S/C33H36N2OS/c36-32(31-18-10-25-37-31)34-26-33(29-14-6-2-7-15-29,30-16-8-3-9-17-30)21-11-22-35-23-19-28(20-24-35)27-12-4-1-5-13-27/h1-10,12-18,25,28H,11,19-24,26H2,(H,34,36). The van der Waals surface area contributed by atoms with Gasteiger partial charge in [-0.3, -0.25) is 4.79 Å². The second-order valence-electron chi connectivity index (χ2n) is 10.1. The molecule has 1 aliphatic heterocycles. The highest BCUT2D eigenvalue weighted by atomic mass is 32.1. The van der Waals surface area contributed by atoms with Gasteiger partial charge in [-0.15, -0.1) is 11.3 Å². The molecule has 3 aromatic carbocycles. The van der Waals surface area contributed by atoms with Crippen molar-refractivity contribution in [3.63, 3.8) is 0 Å². The topological polar surface area (TPSA) is 32.3 Å². The van der Waals surface area contributed by atoms with E-state index in [1.807, 2.05) is 17.5 Å². The number of hydrogen-bond acceptors (Lipinski definition) is 3. The van der Waals surface area contributed by atoms with E-state index in [1.165, 1.54) is 40.9 Å². The summed E-state index contributed by atoms with van der Waals surface area (Å²) in [6, 6.07) is 36.3. The molecule has 1 saturated heterocycles. The lowest BCUT2D eigenvalue weighted by Crippen LogP contribution is -2.42. The molecule has 0 radical (unpaired) electrons. The first-order valence-corrected chi connectivity index (χ1v) is 14.3. The van der Waals surface area contributed by atoms with Gasteiger partial charge in [-0.1, -0.05) is 97.1 Å². The molecule has 3 nitrogen and oxygen atoms in total. The number of rotatable bonds is 10. The van der Waals surface area contributed by atoms with E-state index in [-0.39, 0.29) is 11.3 Å². The van der Waals surface area contributed by atoms with E-state index in [0.29, 0.717) is 12.5 Å². The molecule has 0 saturated carbocycles. The van der Waals surface area contributed by atoms with Crippen LogP contribution in [0.5, 0.6) is 0 Å². The quantitative estimate of drug-likeness (QED) is 0.247. The molecule has 0 unspecified atom stereocenters. The van der Waals surface area contributed by atoms with Gasteiger partial charge in [0.05, 0.1) is 4.88 Å². The zero-order valence-electron chi connectivity index (χ0n) is 21.4. The van der Waals surface area contributed by atoms with Crippen molar-refractivity contribution < 1.29 is 4.79 Å². The highest BCUT2D eigenvalue weighted by Crippen LogP contribution is 2.37. The third-order valence-corrected chi connectivity index (χ3v) is 8.75. The van der Waals surface area contributed by atoms with Crippen molar-refractivity contribution >= 4 is 17.2 Å². The minimum Gasteiger partial charge on any atom is -0.350 e. The molecule has 0 spiro atoms. The first-order chi connectivity index (χ1) is 18.2. The van der Waals surface area contributed by atoms with E-state index >= 15 is 0 Å². The Hall–Kier alpha value is -3.21. The minimum absolute atomic E-state index is 0.00854. The lowest BCUT2D eigenvalue weighted by atomic mass is 9.71. The Morgan fingerprint density at radius 3 is 1.97 bits per heavy atom. The molecule has 4 aromatic rings. The van der Waals surface area contributed by atoms with E-state index in [0.717, 1.165) is 37.4 Å². The summed E-state index contributed by atoms with van der Waals surface area (Å²) in [5.74, 6) is 0.687. The molecular formula is C33H36N2OS. The van der Waals surface area contributed by atoms with Gasteiger partial charge in [0, 0.05) is 12.0 Å². The molecule has 1 amide bonds. The van der Waals surface area contributed by atoms with Crippen molar-refractivity contribution in [2.75, 3.05) is 26.2 Å². The van der Waals surface area contributed by atoms with Crippen LogP contribution in [-0.4, -0.2) is 37.0 Å². The number of nitrogens with zero attached hydrogens (tertiary/aromatic N) is 1. The van der Waals surface area contributed by atoms with Gasteiger partial charge in [-0.2, -0.15) is 0 Å². The summed E-state index contributed by atoms with van der Waals surface area (Å²) in [6.07, 6.45) is 4.51. The van der Waals surface area contributed by atoms with Crippen LogP contribution in [0, 0.1) is 0 Å². The summed E-state index contributed by atoms with van der Waals surface area (Å²) in [5.41, 5.74) is 3.72. The second kappa shape index (κ2) is 12.4. The van der Waals surface area contributed by atoms with E-state index in [4.69, 9.17) is 0 Å². The second-order valence-corrected chi connectivity index (χ2v) is 11.1. The van der Waals surface area contributed by atoms with Crippen molar-refractivity contribution in [3.8, 4) is 0 Å².